The molecule has 0 saturated carbocycles. The largest absolute Gasteiger partial charge is 0.367 e. The van der Waals surface area contributed by atoms with Crippen molar-refractivity contribution >= 4 is 11.6 Å². The van der Waals surface area contributed by atoms with Gasteiger partial charge in [0, 0.05) is 12.6 Å². The number of nitrogens with two attached hydrogens (primary N) is 1. The standard InChI is InChI=1S/C13H14F2N4/c14-10-8-11(15)13(19-16)18-12(10)17-7-6-9-4-2-1-3-5-9/h1-5,8H,6-7,16H2,(H2,17,18,19). The van der Waals surface area contributed by atoms with Crippen LogP contribution in [-0.4, -0.2) is 11.5 Å². The van der Waals surface area contributed by atoms with E-state index in [9.17, 15) is 8.78 Å². The Hall–Kier alpha value is -2.21. The van der Waals surface area contributed by atoms with Crippen molar-refractivity contribution in [1.29, 1.82) is 0 Å². The molecule has 0 aliphatic rings. The molecule has 0 radical (unpaired) electrons. The molecule has 4 N–H and O–H groups in total. The van der Waals surface area contributed by atoms with Gasteiger partial charge in [0.05, 0.1) is 0 Å². The SMILES string of the molecule is NNc1nc(NCCc2ccccc2)c(F)cc1F. The normalized spacial score (nSPS) is 10.3. The molecule has 1 aromatic carbocycles. The molecular weight excluding hydrogens is 250 g/mol. The topological polar surface area (TPSA) is 63.0 Å². The van der Waals surface area contributed by atoms with Crippen LogP contribution in [0.25, 0.3) is 0 Å². The van der Waals surface area contributed by atoms with Crippen LogP contribution in [0, 0.1) is 11.6 Å². The molecule has 0 saturated heterocycles. The van der Waals surface area contributed by atoms with Crippen LogP contribution >= 0.6 is 0 Å². The average molecular weight is 264 g/mol. The third-order valence-corrected chi connectivity index (χ3v) is 2.62. The number of nitrogen functional groups attached to an aromatic ring is 1. The van der Waals surface area contributed by atoms with E-state index in [-0.39, 0.29) is 11.6 Å². The maximum atomic E-state index is 13.5. The highest BCUT2D eigenvalue weighted by Crippen LogP contribution is 2.18. The number of nitrogens with zero attached hydrogens (tertiary/aromatic N) is 1. The maximum Gasteiger partial charge on any atom is 0.178 e. The third kappa shape index (κ3) is 3.38. The van der Waals surface area contributed by atoms with Crippen LogP contribution in [0.1, 0.15) is 5.56 Å². The first-order chi connectivity index (χ1) is 9.20. The van der Waals surface area contributed by atoms with Gasteiger partial charge in [0.2, 0.25) is 0 Å². The summed E-state index contributed by atoms with van der Waals surface area (Å²) in [7, 11) is 0. The van der Waals surface area contributed by atoms with E-state index >= 15 is 0 Å². The van der Waals surface area contributed by atoms with E-state index in [4.69, 9.17) is 5.84 Å². The maximum absolute atomic E-state index is 13.5. The van der Waals surface area contributed by atoms with Crippen molar-refractivity contribution in [3.8, 4) is 0 Å². The van der Waals surface area contributed by atoms with Gasteiger partial charge in [-0.25, -0.2) is 19.6 Å². The van der Waals surface area contributed by atoms with Gasteiger partial charge in [-0.3, -0.25) is 0 Å². The van der Waals surface area contributed by atoms with E-state index in [1.165, 1.54) is 0 Å². The van der Waals surface area contributed by atoms with Gasteiger partial charge in [-0.1, -0.05) is 30.3 Å². The van der Waals surface area contributed by atoms with E-state index in [0.717, 1.165) is 11.6 Å². The first kappa shape index (κ1) is 13.2. The monoisotopic (exact) mass is 264 g/mol. The molecule has 0 aliphatic carbocycles. The number of hydrazine groups is 1. The molecule has 1 aromatic heterocycles. The minimum absolute atomic E-state index is 0.0229. The van der Waals surface area contributed by atoms with Crippen LogP contribution in [0.4, 0.5) is 20.4 Å². The van der Waals surface area contributed by atoms with Crippen molar-refractivity contribution in [2.45, 2.75) is 6.42 Å². The number of nitrogens with one attached hydrogen (secondary N) is 2. The van der Waals surface area contributed by atoms with E-state index < -0.39 is 11.6 Å². The molecule has 100 valence electrons. The zero-order valence-electron chi connectivity index (χ0n) is 10.2. The van der Waals surface area contributed by atoms with E-state index in [0.29, 0.717) is 13.0 Å². The Balaban J connectivity index is 2.00. The van der Waals surface area contributed by atoms with Crippen molar-refractivity contribution < 1.29 is 8.78 Å². The molecule has 19 heavy (non-hydrogen) atoms. The summed E-state index contributed by atoms with van der Waals surface area (Å²) in [5, 5.41) is 2.82. The summed E-state index contributed by atoms with van der Waals surface area (Å²) in [6.07, 6.45) is 0.713. The van der Waals surface area contributed by atoms with Crippen molar-refractivity contribution in [3.63, 3.8) is 0 Å². The zero-order valence-corrected chi connectivity index (χ0v) is 10.2. The number of anilines is 2. The van der Waals surface area contributed by atoms with E-state index in [1.54, 1.807) is 0 Å². The fraction of sp³-hybridized carbons (Fsp3) is 0.154. The molecule has 4 nitrogen and oxygen atoms in total. The molecular formula is C13H14F2N4. The Morgan fingerprint density at radius 2 is 1.74 bits per heavy atom. The number of hydrogen-bond donors (Lipinski definition) is 3. The Morgan fingerprint density at radius 1 is 1.05 bits per heavy atom. The number of pyridine rings is 1. The second kappa shape index (κ2) is 6.10. The van der Waals surface area contributed by atoms with Crippen LogP contribution in [-0.2, 0) is 6.42 Å². The zero-order chi connectivity index (χ0) is 13.7. The first-order valence-electron chi connectivity index (χ1n) is 5.81. The molecule has 1 heterocycles. The molecule has 0 spiro atoms. The van der Waals surface area contributed by atoms with Gasteiger partial charge in [-0.2, -0.15) is 0 Å². The smallest absolute Gasteiger partial charge is 0.178 e. The number of rotatable bonds is 5. The lowest BCUT2D eigenvalue weighted by molar-refractivity contribution is 0.578. The van der Waals surface area contributed by atoms with Crippen LogP contribution < -0.4 is 16.6 Å². The van der Waals surface area contributed by atoms with E-state index in [2.05, 4.69) is 15.7 Å². The fourth-order valence-electron chi connectivity index (χ4n) is 1.66. The molecule has 0 unspecified atom stereocenters. The van der Waals surface area contributed by atoms with E-state index in [1.807, 2.05) is 30.3 Å². The summed E-state index contributed by atoms with van der Waals surface area (Å²) in [5.41, 5.74) is 3.20. The summed E-state index contributed by atoms with van der Waals surface area (Å²) in [6.45, 7) is 0.490. The van der Waals surface area contributed by atoms with Crippen molar-refractivity contribution in [3.05, 3.63) is 53.6 Å². The third-order valence-electron chi connectivity index (χ3n) is 2.62. The van der Waals surface area contributed by atoms with Crippen LogP contribution in [0.15, 0.2) is 36.4 Å². The summed E-state index contributed by atoms with van der Waals surface area (Å²) >= 11 is 0. The van der Waals surface area contributed by atoms with Gasteiger partial charge >= 0.3 is 0 Å². The molecule has 0 atom stereocenters. The minimum atomic E-state index is -0.825. The summed E-state index contributed by atoms with van der Waals surface area (Å²) < 4.78 is 26.6. The molecule has 0 fully saturated rings. The second-order valence-corrected chi connectivity index (χ2v) is 3.96. The quantitative estimate of drug-likeness (QED) is 0.573. The van der Waals surface area contributed by atoms with Crippen molar-refractivity contribution in [1.82, 2.24) is 4.98 Å². The average Bonchev–Trinajstić information content (AvgIpc) is 2.42. The lowest BCUT2D eigenvalue weighted by atomic mass is 10.1. The Kier molecular flexibility index (Phi) is 4.25. The second-order valence-electron chi connectivity index (χ2n) is 3.96. The van der Waals surface area contributed by atoms with Crippen LogP contribution in [0.3, 0.4) is 0 Å². The van der Waals surface area contributed by atoms with Gasteiger partial charge in [0.25, 0.3) is 0 Å². The molecule has 6 heteroatoms. The Morgan fingerprint density at radius 3 is 2.42 bits per heavy atom. The van der Waals surface area contributed by atoms with Crippen LogP contribution in [0.2, 0.25) is 0 Å². The van der Waals surface area contributed by atoms with Gasteiger partial charge in [-0.05, 0) is 12.0 Å². The van der Waals surface area contributed by atoms with Gasteiger partial charge in [-0.15, -0.1) is 0 Å². The molecule has 0 bridgehead atoms. The lowest BCUT2D eigenvalue weighted by Gasteiger charge is -2.09. The predicted octanol–water partition coefficient (Wildman–Crippen LogP) is 2.30. The molecule has 0 aliphatic heterocycles. The summed E-state index contributed by atoms with van der Waals surface area (Å²) in [5.74, 6) is 3.30. The highest BCUT2D eigenvalue weighted by molar-refractivity contribution is 5.46. The van der Waals surface area contributed by atoms with Gasteiger partial charge in [0.1, 0.15) is 0 Å². The fourth-order valence-corrected chi connectivity index (χ4v) is 1.66. The molecule has 2 aromatic rings. The number of hydrogen-bond acceptors (Lipinski definition) is 4. The Labute approximate surface area is 109 Å². The van der Waals surface area contributed by atoms with Crippen LogP contribution in [0.5, 0.6) is 0 Å². The number of aromatic nitrogens is 1. The highest BCUT2D eigenvalue weighted by atomic mass is 19.1. The van der Waals surface area contributed by atoms with Gasteiger partial charge < -0.3 is 10.7 Å². The molecule has 0 amide bonds. The predicted molar refractivity (Wildman–Crippen MR) is 70.6 cm³/mol. The van der Waals surface area contributed by atoms with Crippen molar-refractivity contribution in [2.75, 3.05) is 17.3 Å². The number of halogens is 2. The van der Waals surface area contributed by atoms with Crippen molar-refractivity contribution in [2.24, 2.45) is 5.84 Å². The number of benzene rings is 1. The Bertz CT molecular complexity index is 546. The molecule has 2 rings (SSSR count). The van der Waals surface area contributed by atoms with Gasteiger partial charge in [0.15, 0.2) is 23.3 Å². The first-order valence-corrected chi connectivity index (χ1v) is 5.81. The summed E-state index contributed by atoms with van der Waals surface area (Å²) in [6, 6.07) is 10.5. The highest BCUT2D eigenvalue weighted by Gasteiger charge is 2.10. The lowest BCUT2D eigenvalue weighted by Crippen LogP contribution is -2.14. The summed E-state index contributed by atoms with van der Waals surface area (Å²) in [4.78, 5) is 3.72. The minimum Gasteiger partial charge on any atom is -0.367 e.